The van der Waals surface area contributed by atoms with Gasteiger partial charge < -0.3 is 10.4 Å². The first-order chi connectivity index (χ1) is 6.87. The van der Waals surface area contributed by atoms with Crippen LogP contribution in [-0.4, -0.2) is 21.7 Å². The second-order valence-electron chi connectivity index (χ2n) is 4.45. The van der Waals surface area contributed by atoms with Gasteiger partial charge in [0.05, 0.1) is 17.5 Å². The SMILES string of the molecule is CC(CC(C)(C)O)Nc1cncc(Br)c1. The molecule has 0 saturated carbocycles. The van der Waals surface area contributed by atoms with Gasteiger partial charge in [-0.2, -0.15) is 0 Å². The Hall–Kier alpha value is -0.610. The highest BCUT2D eigenvalue weighted by Gasteiger charge is 2.16. The van der Waals surface area contributed by atoms with Gasteiger partial charge in [0.1, 0.15) is 0 Å². The first-order valence-electron chi connectivity index (χ1n) is 4.96. The van der Waals surface area contributed by atoms with E-state index in [9.17, 15) is 5.11 Å². The van der Waals surface area contributed by atoms with Crippen LogP contribution in [0, 0.1) is 0 Å². The number of aromatic nitrogens is 1. The summed E-state index contributed by atoms with van der Waals surface area (Å²) in [6, 6.07) is 2.18. The van der Waals surface area contributed by atoms with Crippen molar-refractivity contribution in [3.63, 3.8) is 0 Å². The third-order valence-electron chi connectivity index (χ3n) is 1.92. The largest absolute Gasteiger partial charge is 0.390 e. The van der Waals surface area contributed by atoms with Crippen LogP contribution in [-0.2, 0) is 0 Å². The minimum absolute atomic E-state index is 0.209. The van der Waals surface area contributed by atoms with Crippen molar-refractivity contribution in [2.45, 2.75) is 38.8 Å². The van der Waals surface area contributed by atoms with Crippen molar-refractivity contribution in [3.05, 3.63) is 22.9 Å². The topological polar surface area (TPSA) is 45.1 Å². The van der Waals surface area contributed by atoms with E-state index in [-0.39, 0.29) is 6.04 Å². The van der Waals surface area contributed by atoms with Gasteiger partial charge in [0.15, 0.2) is 0 Å². The molecule has 0 aliphatic rings. The highest BCUT2D eigenvalue weighted by atomic mass is 79.9. The van der Waals surface area contributed by atoms with E-state index in [4.69, 9.17) is 0 Å². The summed E-state index contributed by atoms with van der Waals surface area (Å²) in [7, 11) is 0. The molecule has 1 atom stereocenters. The van der Waals surface area contributed by atoms with Gasteiger partial charge in [-0.3, -0.25) is 4.98 Å². The fourth-order valence-electron chi connectivity index (χ4n) is 1.58. The van der Waals surface area contributed by atoms with E-state index < -0.39 is 5.60 Å². The summed E-state index contributed by atoms with van der Waals surface area (Å²) in [4.78, 5) is 4.06. The van der Waals surface area contributed by atoms with Crippen LogP contribution in [0.4, 0.5) is 5.69 Å². The molecule has 0 aliphatic heterocycles. The van der Waals surface area contributed by atoms with Gasteiger partial charge >= 0.3 is 0 Å². The maximum Gasteiger partial charge on any atom is 0.0611 e. The zero-order valence-corrected chi connectivity index (χ0v) is 10.9. The molecule has 0 aromatic carbocycles. The molecule has 84 valence electrons. The van der Waals surface area contributed by atoms with Gasteiger partial charge in [0.2, 0.25) is 0 Å². The predicted molar refractivity (Wildman–Crippen MR) is 65.9 cm³/mol. The van der Waals surface area contributed by atoms with Crippen molar-refractivity contribution in [1.29, 1.82) is 0 Å². The lowest BCUT2D eigenvalue weighted by molar-refractivity contribution is 0.0673. The third-order valence-corrected chi connectivity index (χ3v) is 2.36. The Bertz CT molecular complexity index is 323. The highest BCUT2D eigenvalue weighted by Crippen LogP contribution is 2.17. The lowest BCUT2D eigenvalue weighted by atomic mass is 10.0. The van der Waals surface area contributed by atoms with Gasteiger partial charge in [-0.15, -0.1) is 0 Å². The number of hydrogen-bond acceptors (Lipinski definition) is 3. The first-order valence-corrected chi connectivity index (χ1v) is 5.75. The van der Waals surface area contributed by atoms with Gasteiger partial charge in [-0.25, -0.2) is 0 Å². The monoisotopic (exact) mass is 272 g/mol. The van der Waals surface area contributed by atoms with Crippen LogP contribution in [0.15, 0.2) is 22.9 Å². The maximum atomic E-state index is 9.66. The molecule has 2 N–H and O–H groups in total. The van der Waals surface area contributed by atoms with Crippen molar-refractivity contribution in [2.75, 3.05) is 5.32 Å². The molecule has 0 saturated heterocycles. The lowest BCUT2D eigenvalue weighted by Crippen LogP contribution is -2.29. The van der Waals surface area contributed by atoms with E-state index in [2.05, 4.69) is 26.2 Å². The van der Waals surface area contributed by atoms with Crippen molar-refractivity contribution in [3.8, 4) is 0 Å². The number of nitrogens with one attached hydrogen (secondary N) is 1. The lowest BCUT2D eigenvalue weighted by Gasteiger charge is -2.23. The fraction of sp³-hybridized carbons (Fsp3) is 0.545. The van der Waals surface area contributed by atoms with E-state index in [1.165, 1.54) is 0 Å². The minimum atomic E-state index is -0.647. The number of pyridine rings is 1. The quantitative estimate of drug-likeness (QED) is 0.886. The Morgan fingerprint density at radius 2 is 2.20 bits per heavy atom. The normalized spacial score (nSPS) is 13.7. The summed E-state index contributed by atoms with van der Waals surface area (Å²) in [6.07, 6.45) is 4.21. The molecule has 1 aromatic heterocycles. The summed E-state index contributed by atoms with van der Waals surface area (Å²) in [5.41, 5.74) is 0.312. The molecule has 1 rings (SSSR count). The van der Waals surface area contributed by atoms with Crippen LogP contribution in [0.5, 0.6) is 0 Å². The van der Waals surface area contributed by atoms with Gasteiger partial charge in [0, 0.05) is 16.7 Å². The summed E-state index contributed by atoms with van der Waals surface area (Å²) in [6.45, 7) is 5.66. The molecule has 0 fully saturated rings. The molecule has 1 heterocycles. The summed E-state index contributed by atoms with van der Waals surface area (Å²) in [5.74, 6) is 0. The van der Waals surface area contributed by atoms with Crippen LogP contribution in [0.2, 0.25) is 0 Å². The zero-order valence-electron chi connectivity index (χ0n) is 9.29. The molecule has 1 aromatic rings. The summed E-state index contributed by atoms with van der Waals surface area (Å²) < 4.78 is 0.947. The molecule has 0 radical (unpaired) electrons. The van der Waals surface area contributed by atoms with E-state index in [0.29, 0.717) is 6.42 Å². The third kappa shape index (κ3) is 5.14. The van der Waals surface area contributed by atoms with Crippen molar-refractivity contribution >= 4 is 21.6 Å². The number of rotatable bonds is 4. The van der Waals surface area contributed by atoms with Gasteiger partial charge in [-0.1, -0.05) is 0 Å². The Morgan fingerprint density at radius 1 is 1.53 bits per heavy atom. The van der Waals surface area contributed by atoms with Gasteiger partial charge in [0.25, 0.3) is 0 Å². The fourth-order valence-corrected chi connectivity index (χ4v) is 1.94. The Labute approximate surface area is 99.1 Å². The molecule has 0 amide bonds. The molecule has 0 aliphatic carbocycles. The Kier molecular flexibility index (Phi) is 4.11. The van der Waals surface area contributed by atoms with E-state index >= 15 is 0 Å². The first kappa shape index (κ1) is 12.5. The number of hydrogen-bond donors (Lipinski definition) is 2. The second kappa shape index (κ2) is 4.94. The number of nitrogens with zero attached hydrogens (tertiary/aromatic N) is 1. The molecular formula is C11H17BrN2O. The average molecular weight is 273 g/mol. The van der Waals surface area contributed by atoms with Gasteiger partial charge in [-0.05, 0) is 49.2 Å². The van der Waals surface area contributed by atoms with E-state index in [1.807, 2.05) is 26.8 Å². The predicted octanol–water partition coefficient (Wildman–Crippen LogP) is 2.81. The average Bonchev–Trinajstić information content (AvgIpc) is 1.99. The molecule has 0 bridgehead atoms. The number of anilines is 1. The molecule has 4 heteroatoms. The van der Waals surface area contributed by atoms with Crippen molar-refractivity contribution in [1.82, 2.24) is 4.98 Å². The Balaban J connectivity index is 2.55. The molecule has 3 nitrogen and oxygen atoms in total. The highest BCUT2D eigenvalue weighted by molar-refractivity contribution is 9.10. The van der Waals surface area contributed by atoms with E-state index in [1.54, 1.807) is 12.4 Å². The van der Waals surface area contributed by atoms with Crippen LogP contribution in [0.1, 0.15) is 27.2 Å². The van der Waals surface area contributed by atoms with Crippen LogP contribution < -0.4 is 5.32 Å². The minimum Gasteiger partial charge on any atom is -0.390 e. The van der Waals surface area contributed by atoms with Crippen molar-refractivity contribution in [2.24, 2.45) is 0 Å². The van der Waals surface area contributed by atoms with E-state index in [0.717, 1.165) is 10.2 Å². The standard InChI is InChI=1S/C11H17BrN2O/c1-8(5-11(2,3)15)14-10-4-9(12)6-13-7-10/h4,6-8,14-15H,5H2,1-3H3. The number of halogens is 1. The molecule has 15 heavy (non-hydrogen) atoms. The van der Waals surface area contributed by atoms with Crippen LogP contribution in [0.3, 0.4) is 0 Å². The molecular weight excluding hydrogens is 256 g/mol. The Morgan fingerprint density at radius 3 is 2.73 bits per heavy atom. The molecule has 0 spiro atoms. The van der Waals surface area contributed by atoms with Crippen molar-refractivity contribution < 1.29 is 5.11 Å². The smallest absolute Gasteiger partial charge is 0.0611 e. The zero-order chi connectivity index (χ0) is 11.5. The van der Waals surface area contributed by atoms with Crippen LogP contribution >= 0.6 is 15.9 Å². The van der Waals surface area contributed by atoms with Crippen LogP contribution in [0.25, 0.3) is 0 Å². The summed E-state index contributed by atoms with van der Waals surface area (Å²) in [5, 5.41) is 12.9. The molecule has 1 unspecified atom stereocenters. The number of aliphatic hydroxyl groups is 1. The second-order valence-corrected chi connectivity index (χ2v) is 5.37. The maximum absolute atomic E-state index is 9.66. The summed E-state index contributed by atoms with van der Waals surface area (Å²) >= 11 is 3.36.